The van der Waals surface area contributed by atoms with Gasteiger partial charge in [0.2, 0.25) is 17.8 Å². The highest BCUT2D eigenvalue weighted by molar-refractivity contribution is 8.01. The van der Waals surface area contributed by atoms with Crippen molar-refractivity contribution in [1.82, 2.24) is 15.5 Å². The Morgan fingerprint density at radius 1 is 1.23 bits per heavy atom. The van der Waals surface area contributed by atoms with Crippen molar-refractivity contribution in [3.05, 3.63) is 53.1 Å². The number of fused-ring (bicyclic) bond motifs is 1. The van der Waals surface area contributed by atoms with Crippen LogP contribution in [0, 0.1) is 6.92 Å². The summed E-state index contributed by atoms with van der Waals surface area (Å²) in [7, 11) is 0. The largest absolute Gasteiger partial charge is 0.454 e. The first-order valence-corrected chi connectivity index (χ1v) is 11.8. The van der Waals surface area contributed by atoms with Gasteiger partial charge in [-0.2, -0.15) is 0 Å². The van der Waals surface area contributed by atoms with E-state index in [0.29, 0.717) is 5.75 Å². The smallest absolute Gasteiger partial charge is 0.231 e. The number of aryl methyl sites for hydroxylation is 2. The topological polar surface area (TPSA) is 85.4 Å². The van der Waals surface area contributed by atoms with E-state index in [1.54, 1.807) is 0 Å². The first-order chi connectivity index (χ1) is 15.0. The molecule has 1 aliphatic rings. The minimum atomic E-state index is -0.136. The van der Waals surface area contributed by atoms with E-state index < -0.39 is 0 Å². The van der Waals surface area contributed by atoms with Gasteiger partial charge in [0.05, 0.1) is 11.8 Å². The van der Waals surface area contributed by atoms with Gasteiger partial charge in [0.15, 0.2) is 15.8 Å². The standard InChI is InChI=1S/C22H24N4O3S2/c1-4-15-7-5-6-13(2)20(15)24-21-25-26-22(31-21)30-11-19(27)23-14(3)16-8-9-17-18(10-16)29-12-28-17/h5-10,14H,4,11-12H2,1-3H3,(H,23,27)(H,24,25)/t14-/m1/s1. The molecule has 0 aliphatic carbocycles. The minimum absolute atomic E-state index is 0.0629. The molecule has 1 amide bonds. The van der Waals surface area contributed by atoms with E-state index in [2.05, 4.69) is 52.9 Å². The van der Waals surface area contributed by atoms with Crippen molar-refractivity contribution >= 4 is 39.8 Å². The monoisotopic (exact) mass is 456 g/mol. The molecule has 2 N–H and O–H groups in total. The lowest BCUT2D eigenvalue weighted by atomic mass is 10.1. The van der Waals surface area contributed by atoms with Gasteiger partial charge in [-0.05, 0) is 49.1 Å². The lowest BCUT2D eigenvalue weighted by Crippen LogP contribution is -2.28. The van der Waals surface area contributed by atoms with Gasteiger partial charge in [-0.25, -0.2) is 0 Å². The molecule has 2 aromatic carbocycles. The third-order valence-electron chi connectivity index (χ3n) is 4.98. The highest BCUT2D eigenvalue weighted by atomic mass is 32.2. The Morgan fingerprint density at radius 2 is 2.06 bits per heavy atom. The number of benzene rings is 2. The van der Waals surface area contributed by atoms with E-state index in [1.807, 2.05) is 25.1 Å². The number of aromatic nitrogens is 2. The fourth-order valence-electron chi connectivity index (χ4n) is 3.30. The molecule has 1 aromatic heterocycles. The second-order valence-electron chi connectivity index (χ2n) is 7.15. The van der Waals surface area contributed by atoms with Gasteiger partial charge in [-0.3, -0.25) is 4.79 Å². The van der Waals surface area contributed by atoms with Crippen molar-refractivity contribution in [3.8, 4) is 11.5 Å². The number of para-hydroxylation sites is 1. The molecule has 3 aromatic rings. The van der Waals surface area contributed by atoms with Crippen molar-refractivity contribution in [3.63, 3.8) is 0 Å². The summed E-state index contributed by atoms with van der Waals surface area (Å²) < 4.78 is 11.5. The van der Waals surface area contributed by atoms with E-state index in [0.717, 1.165) is 32.9 Å². The van der Waals surface area contributed by atoms with Gasteiger partial charge >= 0.3 is 0 Å². The Morgan fingerprint density at radius 3 is 2.90 bits per heavy atom. The van der Waals surface area contributed by atoms with Gasteiger partial charge in [-0.1, -0.05) is 54.3 Å². The van der Waals surface area contributed by atoms with Crippen LogP contribution in [-0.4, -0.2) is 28.7 Å². The van der Waals surface area contributed by atoms with Crippen LogP contribution in [0.5, 0.6) is 11.5 Å². The summed E-state index contributed by atoms with van der Waals surface area (Å²) in [6.07, 6.45) is 0.937. The fraction of sp³-hybridized carbons (Fsp3) is 0.318. The van der Waals surface area contributed by atoms with Crippen molar-refractivity contribution in [2.24, 2.45) is 0 Å². The van der Waals surface area contributed by atoms with Crippen LogP contribution < -0.4 is 20.1 Å². The predicted molar refractivity (Wildman–Crippen MR) is 124 cm³/mol. The summed E-state index contributed by atoms with van der Waals surface area (Å²) in [5.41, 5.74) is 4.45. The molecule has 0 fully saturated rings. The lowest BCUT2D eigenvalue weighted by Gasteiger charge is -2.14. The first kappa shape index (κ1) is 21.5. The van der Waals surface area contributed by atoms with Gasteiger partial charge < -0.3 is 20.1 Å². The maximum atomic E-state index is 12.4. The Bertz CT molecular complexity index is 1090. The number of hydrogen-bond acceptors (Lipinski definition) is 8. The maximum Gasteiger partial charge on any atom is 0.231 e. The van der Waals surface area contributed by atoms with Crippen LogP contribution in [0.1, 0.15) is 36.6 Å². The number of hydrogen-bond donors (Lipinski definition) is 2. The van der Waals surface area contributed by atoms with Crippen LogP contribution in [0.4, 0.5) is 10.8 Å². The minimum Gasteiger partial charge on any atom is -0.454 e. The van der Waals surface area contributed by atoms with Crippen LogP contribution in [0.2, 0.25) is 0 Å². The van der Waals surface area contributed by atoms with Crippen LogP contribution >= 0.6 is 23.1 Å². The Kier molecular flexibility index (Phi) is 6.62. The molecule has 2 heterocycles. The molecule has 0 spiro atoms. The van der Waals surface area contributed by atoms with Gasteiger partial charge in [0.25, 0.3) is 0 Å². The maximum absolute atomic E-state index is 12.4. The van der Waals surface area contributed by atoms with Crippen LogP contribution in [0.25, 0.3) is 0 Å². The molecule has 1 atom stereocenters. The molecule has 7 nitrogen and oxygen atoms in total. The molecule has 162 valence electrons. The second kappa shape index (κ2) is 9.57. The number of nitrogens with zero attached hydrogens (tertiary/aromatic N) is 2. The Labute approximate surface area is 189 Å². The van der Waals surface area contributed by atoms with E-state index in [4.69, 9.17) is 9.47 Å². The number of rotatable bonds is 8. The normalized spacial score (nSPS) is 13.1. The summed E-state index contributed by atoms with van der Waals surface area (Å²) >= 11 is 2.83. The van der Waals surface area contributed by atoms with E-state index in [9.17, 15) is 4.79 Å². The van der Waals surface area contributed by atoms with Crippen LogP contribution in [0.15, 0.2) is 40.7 Å². The fourth-order valence-corrected chi connectivity index (χ4v) is 4.87. The molecule has 0 radical (unpaired) electrons. The molecule has 0 bridgehead atoms. The number of amides is 1. The Hall–Kier alpha value is -2.78. The molecular weight excluding hydrogens is 432 g/mol. The van der Waals surface area contributed by atoms with Crippen molar-refractivity contribution in [2.45, 2.75) is 37.6 Å². The van der Waals surface area contributed by atoms with E-state index >= 15 is 0 Å². The first-order valence-electron chi connectivity index (χ1n) is 10.0. The van der Waals surface area contributed by atoms with Gasteiger partial charge in [0, 0.05) is 5.69 Å². The number of carbonyl (C=O) groups is 1. The van der Waals surface area contributed by atoms with Crippen molar-refractivity contribution in [1.29, 1.82) is 0 Å². The summed E-state index contributed by atoms with van der Waals surface area (Å²) in [6.45, 7) is 6.38. The van der Waals surface area contributed by atoms with E-state index in [-0.39, 0.29) is 24.5 Å². The molecular formula is C22H24N4O3S2. The summed E-state index contributed by atoms with van der Waals surface area (Å²) in [6, 6.07) is 11.8. The zero-order valence-corrected chi connectivity index (χ0v) is 19.2. The zero-order chi connectivity index (χ0) is 21.8. The second-order valence-corrected chi connectivity index (χ2v) is 9.35. The SMILES string of the molecule is CCc1cccc(C)c1Nc1nnc(SCC(=O)N[C@H](C)c2ccc3c(c2)OCO3)s1. The van der Waals surface area contributed by atoms with Crippen LogP contribution in [0.3, 0.4) is 0 Å². The predicted octanol–water partition coefficient (Wildman–Crippen LogP) is 4.85. The number of thioether (sulfide) groups is 1. The quantitative estimate of drug-likeness (QED) is 0.469. The number of ether oxygens (including phenoxy) is 2. The van der Waals surface area contributed by atoms with Crippen molar-refractivity contribution < 1.29 is 14.3 Å². The highest BCUT2D eigenvalue weighted by Gasteiger charge is 2.17. The number of nitrogens with one attached hydrogen (secondary N) is 2. The number of anilines is 2. The molecule has 31 heavy (non-hydrogen) atoms. The van der Waals surface area contributed by atoms with Gasteiger partial charge in [-0.15, -0.1) is 10.2 Å². The average Bonchev–Trinajstić information content (AvgIpc) is 3.42. The molecule has 0 saturated carbocycles. The highest BCUT2D eigenvalue weighted by Crippen LogP contribution is 2.34. The molecule has 4 rings (SSSR count). The summed E-state index contributed by atoms with van der Waals surface area (Å²) in [4.78, 5) is 12.4. The third kappa shape index (κ3) is 5.11. The van der Waals surface area contributed by atoms with Gasteiger partial charge in [0.1, 0.15) is 0 Å². The molecule has 0 unspecified atom stereocenters. The molecule has 0 saturated heterocycles. The summed E-state index contributed by atoms with van der Waals surface area (Å²) in [5, 5.41) is 15.5. The van der Waals surface area contributed by atoms with E-state index in [1.165, 1.54) is 34.2 Å². The lowest BCUT2D eigenvalue weighted by molar-refractivity contribution is -0.119. The zero-order valence-electron chi connectivity index (χ0n) is 17.6. The average molecular weight is 457 g/mol. The number of carbonyl (C=O) groups excluding carboxylic acids is 1. The molecule has 1 aliphatic heterocycles. The Balaban J connectivity index is 1.31. The molecule has 9 heteroatoms. The third-order valence-corrected chi connectivity index (χ3v) is 6.95. The van der Waals surface area contributed by atoms with Crippen LogP contribution in [-0.2, 0) is 11.2 Å². The summed E-state index contributed by atoms with van der Waals surface area (Å²) in [5.74, 6) is 1.65. The van der Waals surface area contributed by atoms with Crippen molar-refractivity contribution in [2.75, 3.05) is 17.9 Å².